The molecule has 0 atom stereocenters. The standard InChI is InChI=1S/C14H13F3N4O3/c1-8-6-10(24-2)19-13(18-8)20-11(22)9-4-3-5-21(12(9)23)7-14(15,16)17/h3-6H,7H2,1-2H3,(H,18,19,20,22). The highest BCUT2D eigenvalue weighted by atomic mass is 19.4. The van der Waals surface area contributed by atoms with Gasteiger partial charge < -0.3 is 9.30 Å². The van der Waals surface area contributed by atoms with E-state index in [1.807, 2.05) is 0 Å². The van der Waals surface area contributed by atoms with Crippen LogP contribution in [0, 0.1) is 6.92 Å². The van der Waals surface area contributed by atoms with Gasteiger partial charge in [0.05, 0.1) is 7.11 Å². The van der Waals surface area contributed by atoms with Gasteiger partial charge in [-0.2, -0.15) is 18.2 Å². The smallest absolute Gasteiger partial charge is 0.406 e. The third kappa shape index (κ3) is 4.31. The summed E-state index contributed by atoms with van der Waals surface area (Å²) < 4.78 is 42.6. The molecule has 0 aliphatic carbocycles. The van der Waals surface area contributed by atoms with Gasteiger partial charge in [0.25, 0.3) is 11.5 Å². The third-order valence-electron chi connectivity index (χ3n) is 2.88. The molecule has 0 fully saturated rings. The fourth-order valence-electron chi connectivity index (χ4n) is 1.90. The van der Waals surface area contributed by atoms with E-state index >= 15 is 0 Å². The highest BCUT2D eigenvalue weighted by molar-refractivity contribution is 6.03. The Balaban J connectivity index is 2.29. The fourth-order valence-corrected chi connectivity index (χ4v) is 1.90. The number of hydrogen-bond donors (Lipinski definition) is 1. The second-order valence-electron chi connectivity index (χ2n) is 4.80. The van der Waals surface area contributed by atoms with Crippen molar-refractivity contribution in [2.75, 3.05) is 12.4 Å². The predicted molar refractivity (Wildman–Crippen MR) is 78.0 cm³/mol. The lowest BCUT2D eigenvalue weighted by atomic mass is 10.2. The Morgan fingerprint density at radius 1 is 1.38 bits per heavy atom. The van der Waals surface area contributed by atoms with Gasteiger partial charge in [0, 0.05) is 18.0 Å². The molecule has 0 spiro atoms. The van der Waals surface area contributed by atoms with Crippen LogP contribution in [-0.2, 0) is 6.54 Å². The van der Waals surface area contributed by atoms with Gasteiger partial charge in [-0.3, -0.25) is 14.9 Å². The third-order valence-corrected chi connectivity index (χ3v) is 2.88. The molecule has 0 aliphatic rings. The molecule has 0 bridgehead atoms. The molecule has 0 saturated carbocycles. The SMILES string of the molecule is COc1cc(C)nc(NC(=O)c2cccn(CC(F)(F)F)c2=O)n1. The van der Waals surface area contributed by atoms with Crippen LogP contribution in [0.25, 0.3) is 0 Å². The minimum absolute atomic E-state index is 0.123. The molecule has 10 heteroatoms. The van der Waals surface area contributed by atoms with Gasteiger partial charge >= 0.3 is 6.18 Å². The van der Waals surface area contributed by atoms with Gasteiger partial charge in [0.2, 0.25) is 11.8 Å². The highest BCUT2D eigenvalue weighted by Crippen LogP contribution is 2.16. The number of aryl methyl sites for hydroxylation is 1. The predicted octanol–water partition coefficient (Wildman–Crippen LogP) is 1.77. The van der Waals surface area contributed by atoms with E-state index < -0.39 is 29.8 Å². The van der Waals surface area contributed by atoms with Crippen LogP contribution < -0.4 is 15.6 Å². The van der Waals surface area contributed by atoms with Crippen molar-refractivity contribution in [3.05, 3.63) is 46.0 Å². The van der Waals surface area contributed by atoms with Crippen molar-refractivity contribution in [2.24, 2.45) is 0 Å². The largest absolute Gasteiger partial charge is 0.481 e. The van der Waals surface area contributed by atoms with E-state index in [-0.39, 0.29) is 11.8 Å². The lowest BCUT2D eigenvalue weighted by Gasteiger charge is -2.11. The van der Waals surface area contributed by atoms with Crippen LogP contribution in [0.4, 0.5) is 19.1 Å². The Hall–Kier alpha value is -2.91. The number of carbonyl (C=O) groups excluding carboxylic acids is 1. The molecule has 7 nitrogen and oxygen atoms in total. The van der Waals surface area contributed by atoms with E-state index in [0.717, 1.165) is 12.3 Å². The summed E-state index contributed by atoms with van der Waals surface area (Å²) in [4.78, 5) is 32.0. The van der Waals surface area contributed by atoms with Crippen LogP contribution in [0.2, 0.25) is 0 Å². The summed E-state index contributed by atoms with van der Waals surface area (Å²) in [6.45, 7) is 0.153. The number of rotatable bonds is 4. The number of carbonyl (C=O) groups is 1. The molecule has 2 aromatic heterocycles. The van der Waals surface area contributed by atoms with Gasteiger partial charge in [-0.1, -0.05) is 0 Å². The highest BCUT2D eigenvalue weighted by Gasteiger charge is 2.29. The average Bonchev–Trinajstić information content (AvgIpc) is 2.47. The first kappa shape index (κ1) is 17.4. The minimum atomic E-state index is -4.58. The molecule has 0 saturated heterocycles. The molecule has 0 aromatic carbocycles. The van der Waals surface area contributed by atoms with Gasteiger partial charge in [0.15, 0.2) is 0 Å². The second-order valence-corrected chi connectivity index (χ2v) is 4.80. The zero-order chi connectivity index (χ0) is 17.9. The first-order chi connectivity index (χ1) is 11.2. The zero-order valence-corrected chi connectivity index (χ0v) is 12.7. The van der Waals surface area contributed by atoms with Crippen molar-refractivity contribution in [2.45, 2.75) is 19.6 Å². The van der Waals surface area contributed by atoms with Crippen molar-refractivity contribution in [3.63, 3.8) is 0 Å². The number of halogens is 3. The molecule has 2 aromatic rings. The Morgan fingerprint density at radius 2 is 2.08 bits per heavy atom. The Kier molecular flexibility index (Phi) is 4.86. The average molecular weight is 342 g/mol. The summed E-state index contributed by atoms with van der Waals surface area (Å²) in [5.41, 5.74) is -1.02. The van der Waals surface area contributed by atoms with Crippen LogP contribution in [0.3, 0.4) is 0 Å². The molecule has 2 rings (SSSR count). The number of amides is 1. The van der Waals surface area contributed by atoms with Crippen LogP contribution >= 0.6 is 0 Å². The quantitative estimate of drug-likeness (QED) is 0.915. The van der Waals surface area contributed by atoms with E-state index in [2.05, 4.69) is 15.3 Å². The maximum absolute atomic E-state index is 12.4. The Morgan fingerprint density at radius 3 is 2.71 bits per heavy atom. The summed E-state index contributed by atoms with van der Waals surface area (Å²) in [6.07, 6.45) is -3.62. The van der Waals surface area contributed by atoms with Crippen molar-refractivity contribution < 1.29 is 22.7 Å². The maximum atomic E-state index is 12.4. The van der Waals surface area contributed by atoms with Gasteiger partial charge in [-0.05, 0) is 19.1 Å². The number of methoxy groups -OCH3 is 1. The van der Waals surface area contributed by atoms with Crippen LogP contribution in [0.15, 0.2) is 29.2 Å². The number of pyridine rings is 1. The molecule has 128 valence electrons. The fraction of sp³-hybridized carbons (Fsp3) is 0.286. The van der Waals surface area contributed by atoms with E-state index in [4.69, 9.17) is 4.74 Å². The van der Waals surface area contributed by atoms with E-state index in [9.17, 15) is 22.8 Å². The normalized spacial score (nSPS) is 11.2. The number of alkyl halides is 3. The lowest BCUT2D eigenvalue weighted by Crippen LogP contribution is -2.32. The van der Waals surface area contributed by atoms with Crippen molar-refractivity contribution in [1.82, 2.24) is 14.5 Å². The number of nitrogens with zero attached hydrogens (tertiary/aromatic N) is 3. The topological polar surface area (TPSA) is 86.1 Å². The molecular formula is C14H13F3N4O3. The summed E-state index contributed by atoms with van der Waals surface area (Å²) in [5, 5.41) is 2.27. The van der Waals surface area contributed by atoms with Crippen LogP contribution in [0.1, 0.15) is 16.1 Å². The number of aromatic nitrogens is 3. The molecule has 0 unspecified atom stereocenters. The van der Waals surface area contributed by atoms with E-state index in [1.54, 1.807) is 6.92 Å². The number of nitrogens with one attached hydrogen (secondary N) is 1. The molecular weight excluding hydrogens is 329 g/mol. The maximum Gasteiger partial charge on any atom is 0.406 e. The summed E-state index contributed by atoms with van der Waals surface area (Å²) >= 11 is 0. The summed E-state index contributed by atoms with van der Waals surface area (Å²) in [6, 6.07) is 3.83. The van der Waals surface area contributed by atoms with Gasteiger partial charge in [-0.15, -0.1) is 0 Å². The number of hydrogen-bond acceptors (Lipinski definition) is 5. The van der Waals surface area contributed by atoms with Crippen LogP contribution in [0.5, 0.6) is 5.88 Å². The minimum Gasteiger partial charge on any atom is -0.481 e. The Labute approximate surface area is 134 Å². The second kappa shape index (κ2) is 6.69. The number of anilines is 1. The van der Waals surface area contributed by atoms with E-state index in [0.29, 0.717) is 10.3 Å². The first-order valence-corrected chi connectivity index (χ1v) is 6.67. The summed E-state index contributed by atoms with van der Waals surface area (Å²) in [7, 11) is 1.38. The molecule has 2 heterocycles. The molecule has 1 amide bonds. The van der Waals surface area contributed by atoms with Crippen molar-refractivity contribution in [3.8, 4) is 5.88 Å². The van der Waals surface area contributed by atoms with E-state index in [1.165, 1.54) is 19.2 Å². The van der Waals surface area contributed by atoms with Gasteiger partial charge in [0.1, 0.15) is 12.1 Å². The first-order valence-electron chi connectivity index (χ1n) is 6.67. The van der Waals surface area contributed by atoms with Crippen molar-refractivity contribution >= 4 is 11.9 Å². The molecule has 1 N–H and O–H groups in total. The van der Waals surface area contributed by atoms with Crippen LogP contribution in [-0.4, -0.2) is 33.7 Å². The molecule has 24 heavy (non-hydrogen) atoms. The Bertz CT molecular complexity index is 818. The summed E-state index contributed by atoms with van der Waals surface area (Å²) in [5.74, 6) is -0.841. The zero-order valence-electron chi connectivity index (χ0n) is 12.7. The monoisotopic (exact) mass is 342 g/mol. The molecule has 0 radical (unpaired) electrons. The number of ether oxygens (including phenoxy) is 1. The van der Waals surface area contributed by atoms with Gasteiger partial charge in [-0.25, -0.2) is 4.98 Å². The van der Waals surface area contributed by atoms with Crippen molar-refractivity contribution in [1.29, 1.82) is 0 Å². The lowest BCUT2D eigenvalue weighted by molar-refractivity contribution is -0.141. The molecule has 0 aliphatic heterocycles.